The zero-order valence-corrected chi connectivity index (χ0v) is 16.1. The van der Waals surface area contributed by atoms with Crippen molar-refractivity contribution in [1.29, 1.82) is 0 Å². The third-order valence-electron chi connectivity index (χ3n) is 4.42. The van der Waals surface area contributed by atoms with Crippen LogP contribution in [0.25, 0.3) is 0 Å². The van der Waals surface area contributed by atoms with Crippen molar-refractivity contribution in [3.63, 3.8) is 0 Å². The molecule has 8 heteroatoms. The van der Waals surface area contributed by atoms with E-state index in [2.05, 4.69) is 10.3 Å². The quantitative estimate of drug-likeness (QED) is 0.707. The molecule has 1 unspecified atom stereocenters. The van der Waals surface area contributed by atoms with Gasteiger partial charge in [-0.15, -0.1) is 5.10 Å². The number of likely N-dealkylation sites (tertiary alicyclic amines) is 1. The summed E-state index contributed by atoms with van der Waals surface area (Å²) in [5.74, 6) is 1.54. The second-order valence-corrected chi connectivity index (χ2v) is 6.18. The van der Waals surface area contributed by atoms with Crippen LogP contribution >= 0.6 is 0 Å². The lowest BCUT2D eigenvalue weighted by Gasteiger charge is -2.20. The van der Waals surface area contributed by atoms with E-state index in [-0.39, 0.29) is 11.9 Å². The average molecular weight is 374 g/mol. The third kappa shape index (κ3) is 4.15. The third-order valence-corrected chi connectivity index (χ3v) is 4.42. The van der Waals surface area contributed by atoms with Crippen LogP contribution in [0.4, 0.5) is 0 Å². The van der Waals surface area contributed by atoms with E-state index in [9.17, 15) is 4.79 Å². The minimum atomic E-state index is -0.0532. The number of rotatable bonds is 8. The summed E-state index contributed by atoms with van der Waals surface area (Å²) in [4.78, 5) is 14.9. The molecule has 1 aliphatic rings. The lowest BCUT2D eigenvalue weighted by molar-refractivity contribution is 0.0785. The maximum absolute atomic E-state index is 13.1. The van der Waals surface area contributed by atoms with Crippen LogP contribution in [0.2, 0.25) is 0 Å². The summed E-state index contributed by atoms with van der Waals surface area (Å²) in [5, 5.41) is 7.89. The fourth-order valence-electron chi connectivity index (χ4n) is 3.25. The number of aromatic nitrogens is 3. The number of carbonyl (C=O) groups is 1. The smallest absolute Gasteiger partial charge is 0.254 e. The molecule has 146 valence electrons. The van der Waals surface area contributed by atoms with Crippen molar-refractivity contribution in [2.75, 3.05) is 32.9 Å². The van der Waals surface area contributed by atoms with Crippen molar-refractivity contribution in [2.45, 2.75) is 33.2 Å². The minimum absolute atomic E-state index is 0.0532. The van der Waals surface area contributed by atoms with Gasteiger partial charge in [0.15, 0.2) is 11.5 Å². The van der Waals surface area contributed by atoms with E-state index in [0.29, 0.717) is 55.7 Å². The second-order valence-electron chi connectivity index (χ2n) is 6.18. The number of nitrogens with zero attached hydrogens (tertiary/aromatic N) is 4. The maximum atomic E-state index is 13.1. The highest BCUT2D eigenvalue weighted by Crippen LogP contribution is 2.39. The molecule has 8 nitrogen and oxygen atoms in total. The van der Waals surface area contributed by atoms with Gasteiger partial charge in [-0.2, -0.15) is 0 Å². The predicted molar refractivity (Wildman–Crippen MR) is 99.5 cm³/mol. The van der Waals surface area contributed by atoms with Crippen LogP contribution in [0.15, 0.2) is 24.5 Å². The molecule has 0 N–H and O–H groups in total. The lowest BCUT2D eigenvalue weighted by Crippen LogP contribution is -2.29. The number of amides is 1. The van der Waals surface area contributed by atoms with Gasteiger partial charge in [0.1, 0.15) is 0 Å². The lowest BCUT2D eigenvalue weighted by atomic mass is 10.1. The Balaban J connectivity index is 1.85. The van der Waals surface area contributed by atoms with E-state index in [1.165, 1.54) is 0 Å². The highest BCUT2D eigenvalue weighted by Gasteiger charge is 2.30. The molecule has 0 spiro atoms. The van der Waals surface area contributed by atoms with Crippen LogP contribution in [0, 0.1) is 0 Å². The van der Waals surface area contributed by atoms with Gasteiger partial charge in [0, 0.05) is 24.8 Å². The summed E-state index contributed by atoms with van der Waals surface area (Å²) < 4.78 is 18.9. The SMILES string of the molecule is CCOc1cc(C(=O)N2CCC(n3ccnn3)C2)cc(OCC)c1OCC. The van der Waals surface area contributed by atoms with Crippen molar-refractivity contribution in [3.05, 3.63) is 30.1 Å². The maximum Gasteiger partial charge on any atom is 0.254 e. The van der Waals surface area contributed by atoms with E-state index in [0.717, 1.165) is 6.42 Å². The topological polar surface area (TPSA) is 78.7 Å². The number of carbonyl (C=O) groups excluding carboxylic acids is 1. The van der Waals surface area contributed by atoms with Crippen LogP contribution in [-0.2, 0) is 0 Å². The van der Waals surface area contributed by atoms with Crippen LogP contribution in [0.1, 0.15) is 43.6 Å². The molecular weight excluding hydrogens is 348 g/mol. The van der Waals surface area contributed by atoms with E-state index < -0.39 is 0 Å². The largest absolute Gasteiger partial charge is 0.490 e. The highest BCUT2D eigenvalue weighted by molar-refractivity contribution is 5.95. The fraction of sp³-hybridized carbons (Fsp3) is 0.526. The zero-order valence-electron chi connectivity index (χ0n) is 16.1. The van der Waals surface area contributed by atoms with Crippen LogP contribution in [-0.4, -0.2) is 58.7 Å². The molecule has 1 aromatic carbocycles. The predicted octanol–water partition coefficient (Wildman–Crippen LogP) is 2.56. The standard InChI is InChI=1S/C19H26N4O4/c1-4-25-16-11-14(12-17(26-5-2)18(16)27-6-3)19(24)22-9-7-15(13-22)23-10-8-20-21-23/h8,10-12,15H,4-7,9,13H2,1-3H3. The second kappa shape index (κ2) is 8.75. The molecule has 1 amide bonds. The van der Waals surface area contributed by atoms with Gasteiger partial charge >= 0.3 is 0 Å². The van der Waals surface area contributed by atoms with Gasteiger partial charge in [0.25, 0.3) is 5.91 Å². The molecule has 1 saturated heterocycles. The first-order chi connectivity index (χ1) is 13.2. The summed E-state index contributed by atoms with van der Waals surface area (Å²) in [5.41, 5.74) is 0.532. The molecule has 1 atom stereocenters. The van der Waals surface area contributed by atoms with Gasteiger partial charge in [-0.1, -0.05) is 5.21 Å². The summed E-state index contributed by atoms with van der Waals surface area (Å²) in [6.45, 7) is 8.40. The molecule has 2 aromatic rings. The van der Waals surface area contributed by atoms with E-state index >= 15 is 0 Å². The molecule has 0 saturated carbocycles. The van der Waals surface area contributed by atoms with E-state index in [1.54, 1.807) is 18.3 Å². The normalized spacial score (nSPS) is 16.4. The summed E-state index contributed by atoms with van der Waals surface area (Å²) in [6, 6.07) is 3.63. The Morgan fingerprint density at radius 3 is 2.33 bits per heavy atom. The van der Waals surface area contributed by atoms with Gasteiger partial charge in [0.05, 0.1) is 32.1 Å². The van der Waals surface area contributed by atoms with E-state index in [4.69, 9.17) is 14.2 Å². The molecule has 0 bridgehead atoms. The Morgan fingerprint density at radius 1 is 1.11 bits per heavy atom. The van der Waals surface area contributed by atoms with Gasteiger partial charge in [-0.3, -0.25) is 4.79 Å². The number of hydrogen-bond acceptors (Lipinski definition) is 6. The van der Waals surface area contributed by atoms with Gasteiger partial charge < -0.3 is 19.1 Å². The minimum Gasteiger partial charge on any atom is -0.490 e. The Morgan fingerprint density at radius 2 is 1.78 bits per heavy atom. The first kappa shape index (κ1) is 19.0. The van der Waals surface area contributed by atoms with Gasteiger partial charge in [-0.05, 0) is 39.3 Å². The summed E-state index contributed by atoms with van der Waals surface area (Å²) in [7, 11) is 0. The number of hydrogen-bond donors (Lipinski definition) is 0. The van der Waals surface area contributed by atoms with Crippen molar-refractivity contribution in [3.8, 4) is 17.2 Å². The monoisotopic (exact) mass is 374 g/mol. The average Bonchev–Trinajstić information content (AvgIpc) is 3.35. The first-order valence-corrected chi connectivity index (χ1v) is 9.39. The molecule has 1 aliphatic heterocycles. The molecular formula is C19H26N4O4. The first-order valence-electron chi connectivity index (χ1n) is 9.39. The van der Waals surface area contributed by atoms with Crippen molar-refractivity contribution >= 4 is 5.91 Å². The van der Waals surface area contributed by atoms with Crippen molar-refractivity contribution in [2.24, 2.45) is 0 Å². The molecule has 3 rings (SSSR count). The fourth-order valence-corrected chi connectivity index (χ4v) is 3.25. The molecule has 1 aromatic heterocycles. The molecule has 2 heterocycles. The Bertz CT molecular complexity index is 736. The van der Waals surface area contributed by atoms with Crippen molar-refractivity contribution < 1.29 is 19.0 Å². The number of benzene rings is 1. The Labute approximate surface area is 159 Å². The summed E-state index contributed by atoms with van der Waals surface area (Å²) >= 11 is 0. The van der Waals surface area contributed by atoms with Crippen LogP contribution in [0.3, 0.4) is 0 Å². The molecule has 1 fully saturated rings. The van der Waals surface area contributed by atoms with Crippen molar-refractivity contribution in [1.82, 2.24) is 19.9 Å². The number of ether oxygens (including phenoxy) is 3. The molecule has 27 heavy (non-hydrogen) atoms. The highest BCUT2D eigenvalue weighted by atomic mass is 16.5. The van der Waals surface area contributed by atoms with E-state index in [1.807, 2.05) is 36.5 Å². The Kier molecular flexibility index (Phi) is 6.16. The van der Waals surface area contributed by atoms with Crippen LogP contribution < -0.4 is 14.2 Å². The molecule has 0 radical (unpaired) electrons. The molecule has 0 aliphatic carbocycles. The van der Waals surface area contributed by atoms with Gasteiger partial charge in [-0.25, -0.2) is 4.68 Å². The van der Waals surface area contributed by atoms with Crippen LogP contribution in [0.5, 0.6) is 17.2 Å². The summed E-state index contributed by atoms with van der Waals surface area (Å²) in [6.07, 6.45) is 4.33. The zero-order chi connectivity index (χ0) is 19.2. The Hall–Kier alpha value is -2.77. The van der Waals surface area contributed by atoms with Gasteiger partial charge in [0.2, 0.25) is 5.75 Å².